The molecule has 0 radical (unpaired) electrons. The molecule has 0 spiro atoms. The van der Waals surface area contributed by atoms with E-state index in [4.69, 9.17) is 16.5 Å². The predicted octanol–water partition coefficient (Wildman–Crippen LogP) is 2.52. The maximum Gasteiger partial charge on any atom is 0.266 e. The molecular weight excluding hydrogens is 432 g/mol. The van der Waals surface area contributed by atoms with Crippen molar-refractivity contribution < 1.29 is 4.79 Å². The molecule has 2 aromatic carbocycles. The van der Waals surface area contributed by atoms with Gasteiger partial charge in [-0.25, -0.2) is 4.98 Å². The average Bonchev–Trinajstić information content (AvgIpc) is 2.82. The highest BCUT2D eigenvalue weighted by Gasteiger charge is 2.21. The van der Waals surface area contributed by atoms with Crippen LogP contribution in [0.1, 0.15) is 36.3 Å². The number of carbonyl (C=O) groups excluding carboxylic acids is 1. The molecule has 10 nitrogen and oxygen atoms in total. The van der Waals surface area contributed by atoms with Crippen LogP contribution in [0.5, 0.6) is 0 Å². The number of nitrogens with two attached hydrogens (primary N) is 2. The van der Waals surface area contributed by atoms with Crippen LogP contribution in [0.2, 0.25) is 0 Å². The van der Waals surface area contributed by atoms with Crippen molar-refractivity contribution in [1.29, 1.82) is 5.26 Å². The number of hydrogen-bond donors (Lipinski definition) is 3. The molecule has 0 fully saturated rings. The molecule has 4 rings (SSSR count). The lowest BCUT2D eigenvalue weighted by Crippen LogP contribution is -2.28. The Morgan fingerprint density at radius 1 is 1.12 bits per heavy atom. The fourth-order valence-corrected chi connectivity index (χ4v) is 3.84. The summed E-state index contributed by atoms with van der Waals surface area (Å²) in [5, 5.41) is 13.1. The predicted molar refractivity (Wildman–Crippen MR) is 129 cm³/mol. The van der Waals surface area contributed by atoms with Gasteiger partial charge in [-0.2, -0.15) is 15.2 Å². The number of carbonyl (C=O) groups is 1. The second-order valence-electron chi connectivity index (χ2n) is 7.63. The maximum absolute atomic E-state index is 13.8. The molecule has 0 aliphatic rings. The fraction of sp³-hybridized carbons (Fsp3) is 0.167. The van der Waals surface area contributed by atoms with Gasteiger partial charge in [-0.1, -0.05) is 30.3 Å². The Bertz CT molecular complexity index is 1470. The van der Waals surface area contributed by atoms with Crippen LogP contribution >= 0.6 is 0 Å². The van der Waals surface area contributed by atoms with E-state index in [1.807, 2.05) is 36.4 Å². The van der Waals surface area contributed by atoms with E-state index in [1.165, 1.54) is 4.57 Å². The van der Waals surface area contributed by atoms with Gasteiger partial charge in [0.2, 0.25) is 5.95 Å². The van der Waals surface area contributed by atoms with Gasteiger partial charge in [-0.05, 0) is 37.1 Å². The van der Waals surface area contributed by atoms with E-state index in [-0.39, 0.29) is 28.7 Å². The summed E-state index contributed by atoms with van der Waals surface area (Å²) in [7, 11) is 0. The van der Waals surface area contributed by atoms with E-state index in [1.54, 1.807) is 25.1 Å². The summed E-state index contributed by atoms with van der Waals surface area (Å²) < 4.78 is 1.52. The van der Waals surface area contributed by atoms with Gasteiger partial charge < -0.3 is 21.6 Å². The van der Waals surface area contributed by atoms with Gasteiger partial charge in [-0.15, -0.1) is 0 Å². The second kappa shape index (κ2) is 9.38. The minimum absolute atomic E-state index is 0.0450. The van der Waals surface area contributed by atoms with Crippen molar-refractivity contribution in [2.75, 3.05) is 16.8 Å². The van der Waals surface area contributed by atoms with Gasteiger partial charge >= 0.3 is 0 Å². The normalized spacial score (nSPS) is 11.6. The number of nitrogens with one attached hydrogen (secondary N) is 1. The number of anilines is 3. The van der Waals surface area contributed by atoms with E-state index >= 15 is 0 Å². The number of aldehydes is 1. The number of aromatic nitrogens is 4. The summed E-state index contributed by atoms with van der Waals surface area (Å²) in [5.41, 5.74) is 13.2. The summed E-state index contributed by atoms with van der Waals surface area (Å²) in [4.78, 5) is 37.5. The number of nitrogen functional groups attached to an aromatic ring is 2. The Kier molecular flexibility index (Phi) is 6.18. The molecule has 0 bridgehead atoms. The lowest BCUT2D eigenvalue weighted by atomic mass is 10.0. The number of nitrogens with zero attached hydrogens (tertiary/aromatic N) is 5. The number of fused-ring (bicyclic) bond motifs is 1. The third-order valence-electron chi connectivity index (χ3n) is 5.36. The number of aryl methyl sites for hydroxylation is 1. The molecule has 34 heavy (non-hydrogen) atoms. The molecule has 0 saturated heterocycles. The Morgan fingerprint density at radius 3 is 2.59 bits per heavy atom. The van der Waals surface area contributed by atoms with Gasteiger partial charge in [0.15, 0.2) is 5.82 Å². The lowest BCUT2D eigenvalue weighted by molar-refractivity contribution is -0.107. The van der Waals surface area contributed by atoms with Crippen molar-refractivity contribution in [3.05, 3.63) is 75.8 Å². The molecule has 0 saturated carbocycles. The van der Waals surface area contributed by atoms with Crippen molar-refractivity contribution in [1.82, 2.24) is 19.5 Å². The summed E-state index contributed by atoms with van der Waals surface area (Å²) in [6.45, 7) is 1.79. The summed E-state index contributed by atoms with van der Waals surface area (Å²) in [6.07, 6.45) is 1.57. The molecule has 2 aromatic heterocycles. The van der Waals surface area contributed by atoms with Crippen LogP contribution < -0.4 is 22.3 Å². The zero-order chi connectivity index (χ0) is 24.2. The Balaban J connectivity index is 1.93. The number of benzene rings is 2. The minimum Gasteiger partial charge on any atom is -0.382 e. The van der Waals surface area contributed by atoms with Crippen LogP contribution in [0.4, 0.5) is 17.6 Å². The quantitative estimate of drug-likeness (QED) is 0.356. The molecular formula is C24H22N8O2. The van der Waals surface area contributed by atoms with Crippen LogP contribution in [0.25, 0.3) is 16.6 Å². The van der Waals surface area contributed by atoms with Crippen molar-refractivity contribution in [3.63, 3.8) is 0 Å². The van der Waals surface area contributed by atoms with E-state index in [9.17, 15) is 14.9 Å². The largest absolute Gasteiger partial charge is 0.382 e. The number of nitriles is 1. The molecule has 2 heterocycles. The first-order valence-corrected chi connectivity index (χ1v) is 10.6. The highest BCUT2D eigenvalue weighted by Crippen LogP contribution is 2.26. The Hall–Kier alpha value is -4.78. The molecule has 0 amide bonds. The standard InChI is InChI=1S/C24H22N8O2/c1-14(28-21-17(13-25)20(26)30-24(27)31-21)22-29-18-11-5-7-15(8-6-12-33)19(18)23(34)32(22)16-9-3-2-4-10-16/h2-5,7,9-12,14H,6,8H2,1H3,(H5,26,27,28,30,31). The van der Waals surface area contributed by atoms with Crippen molar-refractivity contribution in [2.45, 2.75) is 25.8 Å². The summed E-state index contributed by atoms with van der Waals surface area (Å²) in [6, 6.07) is 15.9. The van der Waals surface area contributed by atoms with E-state index in [0.29, 0.717) is 35.3 Å². The second-order valence-corrected chi connectivity index (χ2v) is 7.63. The number of rotatable bonds is 7. The summed E-state index contributed by atoms with van der Waals surface area (Å²) >= 11 is 0. The van der Waals surface area contributed by atoms with Gasteiger partial charge in [-0.3, -0.25) is 9.36 Å². The molecule has 4 aromatic rings. The molecule has 0 aliphatic carbocycles. The van der Waals surface area contributed by atoms with Gasteiger partial charge in [0.25, 0.3) is 5.56 Å². The average molecular weight is 454 g/mol. The number of hydrogen-bond acceptors (Lipinski definition) is 9. The van der Waals surface area contributed by atoms with E-state index in [0.717, 1.165) is 11.8 Å². The first-order chi connectivity index (χ1) is 16.4. The Morgan fingerprint density at radius 2 is 1.88 bits per heavy atom. The van der Waals surface area contributed by atoms with Crippen LogP contribution in [0.3, 0.4) is 0 Å². The topological polar surface area (TPSA) is 166 Å². The molecule has 10 heteroatoms. The smallest absolute Gasteiger partial charge is 0.266 e. The highest BCUT2D eigenvalue weighted by atomic mass is 16.1. The fourth-order valence-electron chi connectivity index (χ4n) is 3.84. The lowest BCUT2D eigenvalue weighted by Gasteiger charge is -2.21. The van der Waals surface area contributed by atoms with Crippen LogP contribution in [-0.2, 0) is 11.2 Å². The summed E-state index contributed by atoms with van der Waals surface area (Å²) in [5.74, 6) is 0.416. The first-order valence-electron chi connectivity index (χ1n) is 10.6. The van der Waals surface area contributed by atoms with Crippen LogP contribution in [0.15, 0.2) is 53.3 Å². The van der Waals surface area contributed by atoms with Crippen LogP contribution in [0, 0.1) is 11.3 Å². The zero-order valence-electron chi connectivity index (χ0n) is 18.4. The number of para-hydroxylation sites is 1. The SMILES string of the molecule is CC(Nc1nc(N)nc(N)c1C#N)c1nc2cccc(CCC=O)c2c(=O)n1-c1ccccc1. The van der Waals surface area contributed by atoms with Gasteiger partial charge in [0.1, 0.15) is 29.6 Å². The molecule has 0 aliphatic heterocycles. The van der Waals surface area contributed by atoms with Gasteiger partial charge in [0, 0.05) is 6.42 Å². The first kappa shape index (κ1) is 22.4. The van der Waals surface area contributed by atoms with E-state index < -0.39 is 6.04 Å². The maximum atomic E-state index is 13.8. The molecule has 170 valence electrons. The molecule has 1 unspecified atom stereocenters. The zero-order valence-corrected chi connectivity index (χ0v) is 18.4. The van der Waals surface area contributed by atoms with Crippen molar-refractivity contribution in [3.8, 4) is 11.8 Å². The molecule has 5 N–H and O–H groups in total. The Labute approximate surface area is 194 Å². The van der Waals surface area contributed by atoms with Gasteiger partial charge in [0.05, 0.1) is 22.6 Å². The third-order valence-corrected chi connectivity index (χ3v) is 5.36. The highest BCUT2D eigenvalue weighted by molar-refractivity contribution is 5.82. The third kappa shape index (κ3) is 4.14. The van der Waals surface area contributed by atoms with E-state index in [2.05, 4.69) is 15.3 Å². The van der Waals surface area contributed by atoms with Crippen LogP contribution in [-0.4, -0.2) is 25.8 Å². The van der Waals surface area contributed by atoms with Crippen molar-refractivity contribution >= 4 is 34.8 Å². The molecule has 1 atom stereocenters. The minimum atomic E-state index is -0.572. The van der Waals surface area contributed by atoms with Crippen molar-refractivity contribution in [2.24, 2.45) is 0 Å². The monoisotopic (exact) mass is 454 g/mol.